The van der Waals surface area contributed by atoms with Crippen LogP contribution in [-0.2, 0) is 50.9 Å². The Hall–Kier alpha value is 0.463. The second kappa shape index (κ2) is 8.75. The molecule has 0 saturated carbocycles. The first-order valence-corrected chi connectivity index (χ1v) is 8.81. The van der Waals surface area contributed by atoms with Crippen molar-refractivity contribution in [1.29, 1.82) is 0 Å². The van der Waals surface area contributed by atoms with E-state index in [4.69, 9.17) is 44.9 Å². The SMILES string of the molecule is O=P(O)(O)O.[O]=[Mo](=[O])([OH])[OH].[O]=[V](=[O])[OH]. The van der Waals surface area contributed by atoms with Gasteiger partial charge in [0, 0.05) is 0 Å². The summed E-state index contributed by atoms with van der Waals surface area (Å²) in [7, 11) is -4.64. The van der Waals surface area contributed by atoms with Gasteiger partial charge in [-0.25, -0.2) is 4.57 Å². The molecule has 0 aromatic rings. The van der Waals surface area contributed by atoms with Crippen molar-refractivity contribution in [3.05, 3.63) is 0 Å². The maximum absolute atomic E-state index is 8.88. The molecule has 0 bridgehead atoms. The first kappa shape index (κ1) is 19.9. The molecule has 0 spiro atoms. The van der Waals surface area contributed by atoms with Gasteiger partial charge >= 0.3 is 65.7 Å². The third-order valence-electron chi connectivity index (χ3n) is 0. The van der Waals surface area contributed by atoms with Crippen molar-refractivity contribution in [3.8, 4) is 0 Å². The van der Waals surface area contributed by atoms with Gasteiger partial charge in [-0.2, -0.15) is 0 Å². The monoisotopic (exact) mass is 362 g/mol. The second-order valence-corrected chi connectivity index (χ2v) is 5.17. The summed E-state index contributed by atoms with van der Waals surface area (Å²) < 4.78 is 65.3. The van der Waals surface area contributed by atoms with Gasteiger partial charge in [0.25, 0.3) is 0 Å². The molecule has 6 N–H and O–H groups in total. The van der Waals surface area contributed by atoms with Crippen LogP contribution in [0.2, 0.25) is 0 Å². The number of hydrogen-bond donors (Lipinski definition) is 6. The third-order valence-corrected chi connectivity index (χ3v) is 0. The van der Waals surface area contributed by atoms with Gasteiger partial charge in [0.1, 0.15) is 0 Å². The maximum atomic E-state index is 8.88. The third kappa shape index (κ3) is 7650. The average molecular weight is 360 g/mol. The zero-order chi connectivity index (χ0) is 12.6. The van der Waals surface area contributed by atoms with E-state index in [0.717, 1.165) is 0 Å². The molecule has 0 aromatic carbocycles. The summed E-state index contributed by atoms with van der Waals surface area (Å²) in [6.07, 6.45) is 0. The van der Waals surface area contributed by atoms with Crippen LogP contribution in [0.3, 0.4) is 0 Å². The van der Waals surface area contributed by atoms with E-state index in [1.807, 2.05) is 0 Å². The van der Waals surface area contributed by atoms with Gasteiger partial charge in [0.05, 0.1) is 0 Å². The van der Waals surface area contributed by atoms with E-state index in [1.165, 1.54) is 0 Å². The Morgan fingerprint density at radius 2 is 1.00 bits per heavy atom. The summed E-state index contributed by atoms with van der Waals surface area (Å²) in [6.45, 7) is 0. The van der Waals surface area contributed by atoms with Gasteiger partial charge in [0.15, 0.2) is 0 Å². The van der Waals surface area contributed by atoms with Gasteiger partial charge < -0.3 is 14.7 Å². The Bertz CT molecular complexity index is 302. The fraction of sp³-hybridized carbons (Fsp3) is 0. The van der Waals surface area contributed by atoms with E-state index in [1.54, 1.807) is 0 Å². The predicted octanol–water partition coefficient (Wildman–Crippen LogP) is -3.08. The summed E-state index contributed by atoms with van der Waals surface area (Å²) in [5, 5.41) is 0. The Labute approximate surface area is 85.0 Å². The van der Waals surface area contributed by atoms with Crippen LogP contribution in [0.25, 0.3) is 0 Å². The number of hydrogen-bond acceptors (Lipinski definition) is 5. The van der Waals surface area contributed by atoms with Crippen molar-refractivity contribution in [2.75, 3.05) is 0 Å². The first-order chi connectivity index (χ1) is 5.73. The molecule has 88 valence electrons. The fourth-order valence-corrected chi connectivity index (χ4v) is 0. The Kier molecular flexibility index (Phi) is 12.5. The Morgan fingerprint density at radius 3 is 1.00 bits per heavy atom. The molecule has 0 aliphatic rings. The predicted molar refractivity (Wildman–Crippen MR) is 23.7 cm³/mol. The minimum atomic E-state index is -5.52. The summed E-state index contributed by atoms with van der Waals surface area (Å²) in [5.41, 5.74) is 0. The molecule has 0 saturated heterocycles. The van der Waals surface area contributed by atoms with Crippen LogP contribution in [-0.4, -0.2) is 26.2 Å². The van der Waals surface area contributed by atoms with E-state index >= 15 is 0 Å². The normalized spacial score (nSPS) is 10.1. The summed E-state index contributed by atoms with van der Waals surface area (Å²) >= 11 is -9.21. The zero-order valence-electron chi connectivity index (χ0n) is 6.03. The molecule has 0 aliphatic carbocycles. The molecule has 0 fully saturated rings. The van der Waals surface area contributed by atoms with Crippen LogP contribution in [0.15, 0.2) is 0 Å². The quantitative estimate of drug-likeness (QED) is 0.189. The molecule has 0 heterocycles. The zero-order valence-corrected chi connectivity index (χ0v) is 10.3. The Morgan fingerprint density at radius 1 is 1.00 bits per heavy atom. The fourth-order valence-electron chi connectivity index (χ4n) is 0. The van der Waals surface area contributed by atoms with Crippen LogP contribution in [0.4, 0.5) is 0 Å². The molecule has 0 rings (SSSR count). The van der Waals surface area contributed by atoms with Crippen LogP contribution in [0, 0.1) is 0 Å². The van der Waals surface area contributed by atoms with Gasteiger partial charge in [-0.1, -0.05) is 0 Å². The molecule has 14 heavy (non-hydrogen) atoms. The second-order valence-electron chi connectivity index (χ2n) is 1.20. The van der Waals surface area contributed by atoms with Crippen LogP contribution >= 0.6 is 7.82 Å². The first-order valence-electron chi connectivity index (χ1n) is 2.05. The van der Waals surface area contributed by atoms with Crippen LogP contribution in [0.5, 0.6) is 0 Å². The molecule has 0 radical (unpaired) electrons. The average Bonchev–Trinajstić information content (AvgIpc) is 1.45. The van der Waals surface area contributed by atoms with Gasteiger partial charge in [-0.05, 0) is 0 Å². The number of phosphoric acid groups is 1. The Balaban J connectivity index is -0.000000131. The number of rotatable bonds is 0. The molecule has 0 atom stereocenters. The molecule has 0 unspecified atom stereocenters. The molecular formula is H6MoO11PV. The summed E-state index contributed by atoms with van der Waals surface area (Å²) in [5.74, 6) is 0. The van der Waals surface area contributed by atoms with Crippen molar-refractivity contribution in [2.24, 2.45) is 0 Å². The summed E-state index contributed by atoms with van der Waals surface area (Å²) in [4.78, 5) is 21.6. The minimum absolute atomic E-state index is 3.69. The topological polar surface area (TPSA) is 207 Å². The van der Waals surface area contributed by atoms with E-state index in [0.29, 0.717) is 0 Å². The van der Waals surface area contributed by atoms with Crippen molar-refractivity contribution in [1.82, 2.24) is 0 Å². The molecule has 14 heteroatoms. The van der Waals surface area contributed by atoms with Crippen molar-refractivity contribution >= 4 is 7.82 Å². The molecule has 11 nitrogen and oxygen atoms in total. The van der Waals surface area contributed by atoms with Crippen LogP contribution in [0.1, 0.15) is 0 Å². The van der Waals surface area contributed by atoms with Crippen molar-refractivity contribution in [3.63, 3.8) is 0 Å². The van der Waals surface area contributed by atoms with Crippen LogP contribution < -0.4 is 0 Å². The van der Waals surface area contributed by atoms with Crippen molar-refractivity contribution < 1.29 is 77.1 Å². The van der Waals surface area contributed by atoms with E-state index in [2.05, 4.69) is 0 Å². The summed E-state index contributed by atoms with van der Waals surface area (Å²) in [6, 6.07) is 0. The van der Waals surface area contributed by atoms with E-state index in [-0.39, 0.29) is 0 Å². The van der Waals surface area contributed by atoms with Gasteiger partial charge in [-0.3, -0.25) is 0 Å². The van der Waals surface area contributed by atoms with Crippen molar-refractivity contribution in [2.45, 2.75) is 0 Å². The molecule has 0 amide bonds. The molecular weight excluding hydrogens is 354 g/mol. The van der Waals surface area contributed by atoms with E-state index < -0.39 is 40.0 Å². The standard InChI is InChI=1S/Mo.H3O4P.3H2O.4O.V/c;1-5(2,3)4;;;;;;;;/h;(H3,1,2,3,4);3*1H2;;;;;/q+2;;;;;;;;;+1/p-3. The van der Waals surface area contributed by atoms with Gasteiger partial charge in [-0.15, -0.1) is 0 Å². The molecule has 0 aromatic heterocycles. The van der Waals surface area contributed by atoms with Gasteiger partial charge in [0.2, 0.25) is 0 Å². The molecule has 0 aliphatic heterocycles. The van der Waals surface area contributed by atoms with E-state index in [9.17, 15) is 0 Å².